The number of amides is 1. The van der Waals surface area contributed by atoms with Crippen molar-refractivity contribution in [2.24, 2.45) is 17.4 Å². The molecule has 0 rings (SSSR count). The van der Waals surface area contributed by atoms with Crippen LogP contribution in [0.3, 0.4) is 0 Å². The average molecular weight is 147 g/mol. The second kappa shape index (κ2) is 3.80. The van der Waals surface area contributed by atoms with Crippen molar-refractivity contribution >= 4 is 11.9 Å². The second-order valence-electron chi connectivity index (χ2n) is 1.70. The molecule has 0 spiro atoms. The van der Waals surface area contributed by atoms with Crippen LogP contribution in [0.15, 0.2) is 0 Å². The van der Waals surface area contributed by atoms with E-state index in [2.05, 4.69) is 10.7 Å². The molecule has 0 heterocycles. The summed E-state index contributed by atoms with van der Waals surface area (Å²) in [6, 6.07) is -1.02. The molecule has 0 aliphatic rings. The Morgan fingerprint density at radius 3 is 2.30 bits per heavy atom. The topological polar surface area (TPSA) is 121 Å². The molecule has 58 valence electrons. The Kier molecular flexibility index (Phi) is 3.37. The van der Waals surface area contributed by atoms with Gasteiger partial charge in [0, 0.05) is 0 Å². The SMILES string of the molecule is NOC(=O)CC(N)C(N)=O. The Bertz CT molecular complexity index is 147. The smallest absolute Gasteiger partial charge is 0.326 e. The number of nitrogens with two attached hydrogens (primary N) is 3. The molecule has 0 fully saturated rings. The van der Waals surface area contributed by atoms with Gasteiger partial charge < -0.3 is 16.3 Å². The summed E-state index contributed by atoms with van der Waals surface area (Å²) in [7, 11) is 0. The second-order valence-corrected chi connectivity index (χ2v) is 1.70. The minimum absolute atomic E-state index is 0.286. The van der Waals surface area contributed by atoms with Crippen LogP contribution in [0.1, 0.15) is 6.42 Å². The number of primary amides is 1. The van der Waals surface area contributed by atoms with Crippen LogP contribution in [-0.2, 0) is 14.4 Å². The maximum Gasteiger partial charge on any atom is 0.326 e. The first kappa shape index (κ1) is 8.86. The first-order valence-electron chi connectivity index (χ1n) is 2.52. The summed E-state index contributed by atoms with van der Waals surface area (Å²) in [4.78, 5) is 24.2. The Hall–Kier alpha value is -1.14. The monoisotopic (exact) mass is 147 g/mol. The molecule has 0 radical (unpaired) electrons. The summed E-state index contributed by atoms with van der Waals surface area (Å²) in [5.41, 5.74) is 9.79. The normalized spacial score (nSPS) is 12.2. The number of carbonyl (C=O) groups excluding carboxylic acids is 2. The predicted octanol–water partition coefficient (Wildman–Crippen LogP) is -2.39. The Labute approximate surface area is 57.2 Å². The lowest BCUT2D eigenvalue weighted by atomic mass is 10.2. The van der Waals surface area contributed by atoms with Crippen molar-refractivity contribution in [3.05, 3.63) is 0 Å². The quantitative estimate of drug-likeness (QED) is 0.384. The maximum atomic E-state index is 10.3. The fraction of sp³-hybridized carbons (Fsp3) is 0.500. The van der Waals surface area contributed by atoms with Crippen molar-refractivity contribution in [2.75, 3.05) is 0 Å². The average Bonchev–Trinajstić information content (AvgIpc) is 1.87. The first-order valence-corrected chi connectivity index (χ1v) is 2.52. The summed E-state index contributed by atoms with van der Waals surface area (Å²) in [5.74, 6) is 2.95. The molecule has 0 aromatic carbocycles. The van der Waals surface area contributed by atoms with Gasteiger partial charge in [0.1, 0.15) is 0 Å². The molecule has 6 N–H and O–H groups in total. The van der Waals surface area contributed by atoms with Crippen LogP contribution in [0.25, 0.3) is 0 Å². The third kappa shape index (κ3) is 3.00. The Balaban J connectivity index is 3.68. The Morgan fingerprint density at radius 1 is 1.50 bits per heavy atom. The molecule has 0 aliphatic carbocycles. The van der Waals surface area contributed by atoms with Crippen LogP contribution < -0.4 is 17.4 Å². The van der Waals surface area contributed by atoms with E-state index in [9.17, 15) is 9.59 Å². The predicted molar refractivity (Wildman–Crippen MR) is 32.1 cm³/mol. The molecule has 1 unspecified atom stereocenters. The van der Waals surface area contributed by atoms with E-state index in [-0.39, 0.29) is 6.42 Å². The van der Waals surface area contributed by atoms with Crippen molar-refractivity contribution in [1.82, 2.24) is 0 Å². The van der Waals surface area contributed by atoms with Gasteiger partial charge in [-0.3, -0.25) is 9.59 Å². The molecule has 0 saturated heterocycles. The lowest BCUT2D eigenvalue weighted by Gasteiger charge is -2.02. The summed E-state index contributed by atoms with van der Waals surface area (Å²) >= 11 is 0. The van der Waals surface area contributed by atoms with Gasteiger partial charge in [-0.05, 0) is 0 Å². The van der Waals surface area contributed by atoms with Crippen LogP contribution in [0.2, 0.25) is 0 Å². The number of hydrogen-bond acceptors (Lipinski definition) is 5. The van der Waals surface area contributed by atoms with E-state index in [1.165, 1.54) is 0 Å². The van der Waals surface area contributed by atoms with Crippen LogP contribution in [0.5, 0.6) is 0 Å². The van der Waals surface area contributed by atoms with E-state index in [0.29, 0.717) is 0 Å². The number of hydrogen-bond donors (Lipinski definition) is 3. The minimum Gasteiger partial charge on any atom is -0.373 e. The molecular formula is C4H9N3O3. The lowest BCUT2D eigenvalue weighted by molar-refractivity contribution is -0.145. The molecule has 1 atom stereocenters. The van der Waals surface area contributed by atoms with E-state index >= 15 is 0 Å². The van der Waals surface area contributed by atoms with E-state index in [4.69, 9.17) is 11.5 Å². The first-order chi connectivity index (χ1) is 4.57. The van der Waals surface area contributed by atoms with E-state index in [0.717, 1.165) is 0 Å². The zero-order valence-electron chi connectivity index (χ0n) is 5.24. The van der Waals surface area contributed by atoms with Gasteiger partial charge in [-0.15, -0.1) is 0 Å². The van der Waals surface area contributed by atoms with Gasteiger partial charge in [0.05, 0.1) is 12.5 Å². The van der Waals surface area contributed by atoms with Crippen molar-refractivity contribution in [2.45, 2.75) is 12.5 Å². The molecule has 0 saturated carbocycles. The van der Waals surface area contributed by atoms with Gasteiger partial charge >= 0.3 is 5.97 Å². The van der Waals surface area contributed by atoms with E-state index < -0.39 is 17.9 Å². The number of carbonyl (C=O) groups is 2. The molecule has 6 nitrogen and oxygen atoms in total. The molecule has 0 aliphatic heterocycles. The highest BCUT2D eigenvalue weighted by molar-refractivity contribution is 5.84. The van der Waals surface area contributed by atoms with Gasteiger partial charge in [-0.2, -0.15) is 5.90 Å². The molecule has 1 amide bonds. The van der Waals surface area contributed by atoms with E-state index in [1.807, 2.05) is 0 Å². The van der Waals surface area contributed by atoms with Crippen LogP contribution in [0.4, 0.5) is 0 Å². The zero-order chi connectivity index (χ0) is 8.15. The van der Waals surface area contributed by atoms with Crippen LogP contribution in [0, 0.1) is 0 Å². The minimum atomic E-state index is -1.02. The van der Waals surface area contributed by atoms with Gasteiger partial charge in [0.25, 0.3) is 0 Å². The van der Waals surface area contributed by atoms with Crippen LogP contribution in [-0.4, -0.2) is 17.9 Å². The summed E-state index contributed by atoms with van der Waals surface area (Å²) in [5, 5.41) is 0. The highest BCUT2D eigenvalue weighted by atomic mass is 16.7. The standard InChI is InChI=1S/C4H9N3O3/c5-2(4(6)9)1-3(8)10-7/h2H,1,5,7H2,(H2,6,9). The van der Waals surface area contributed by atoms with Gasteiger partial charge in [-0.25, -0.2) is 0 Å². The summed E-state index contributed by atoms with van der Waals surface area (Å²) < 4.78 is 0. The molecule has 10 heavy (non-hydrogen) atoms. The molecule has 6 heteroatoms. The van der Waals surface area contributed by atoms with Crippen molar-refractivity contribution in [3.63, 3.8) is 0 Å². The van der Waals surface area contributed by atoms with Crippen molar-refractivity contribution in [3.8, 4) is 0 Å². The van der Waals surface area contributed by atoms with Crippen molar-refractivity contribution in [1.29, 1.82) is 0 Å². The summed E-state index contributed by atoms with van der Waals surface area (Å²) in [6.45, 7) is 0. The highest BCUT2D eigenvalue weighted by Crippen LogP contribution is 1.87. The molecule has 0 aromatic rings. The van der Waals surface area contributed by atoms with Crippen LogP contribution >= 0.6 is 0 Å². The third-order valence-electron chi connectivity index (χ3n) is 0.883. The van der Waals surface area contributed by atoms with Gasteiger partial charge in [0.2, 0.25) is 5.91 Å². The third-order valence-corrected chi connectivity index (χ3v) is 0.883. The summed E-state index contributed by atoms with van der Waals surface area (Å²) in [6.07, 6.45) is -0.286. The largest absolute Gasteiger partial charge is 0.373 e. The molecular weight excluding hydrogens is 138 g/mol. The number of rotatable bonds is 3. The zero-order valence-corrected chi connectivity index (χ0v) is 5.24. The fourth-order valence-corrected chi connectivity index (χ4v) is 0.328. The molecule has 0 bridgehead atoms. The van der Waals surface area contributed by atoms with Crippen molar-refractivity contribution < 1.29 is 14.4 Å². The van der Waals surface area contributed by atoms with E-state index in [1.54, 1.807) is 0 Å². The maximum absolute atomic E-state index is 10.3. The Morgan fingerprint density at radius 2 is 2.00 bits per heavy atom. The highest BCUT2D eigenvalue weighted by Gasteiger charge is 2.14. The lowest BCUT2D eigenvalue weighted by Crippen LogP contribution is -2.38. The fourth-order valence-electron chi connectivity index (χ4n) is 0.328. The van der Waals surface area contributed by atoms with Gasteiger partial charge in [0.15, 0.2) is 0 Å². The molecule has 0 aromatic heterocycles. The van der Waals surface area contributed by atoms with Gasteiger partial charge in [-0.1, -0.05) is 0 Å².